The topological polar surface area (TPSA) is 97.0 Å². The predicted molar refractivity (Wildman–Crippen MR) is 79.6 cm³/mol. The van der Waals surface area contributed by atoms with Gasteiger partial charge < -0.3 is 4.98 Å². The van der Waals surface area contributed by atoms with E-state index in [1.807, 2.05) is 0 Å². The van der Waals surface area contributed by atoms with Gasteiger partial charge in [-0.3, -0.25) is 0 Å². The van der Waals surface area contributed by atoms with Crippen LogP contribution in [0.4, 0.5) is 0 Å². The Morgan fingerprint density at radius 3 is 2.71 bits per heavy atom. The van der Waals surface area contributed by atoms with E-state index in [4.69, 9.17) is 0 Å². The maximum Gasteiger partial charge on any atom is 0.175 e. The van der Waals surface area contributed by atoms with Crippen molar-refractivity contribution in [3.63, 3.8) is 0 Å². The molecular formula is C13H16N2O4S2. The highest BCUT2D eigenvalue weighted by Gasteiger charge is 2.32. The lowest BCUT2D eigenvalue weighted by atomic mass is 10.2. The van der Waals surface area contributed by atoms with Crippen LogP contribution in [0.1, 0.15) is 30.3 Å². The molecule has 1 saturated heterocycles. The molecule has 0 bridgehead atoms. The lowest BCUT2D eigenvalue weighted by Gasteiger charge is -2.20. The van der Waals surface area contributed by atoms with Crippen LogP contribution in [-0.2, 0) is 19.7 Å². The zero-order valence-corrected chi connectivity index (χ0v) is 13.2. The number of aromatic nitrogens is 2. The van der Waals surface area contributed by atoms with E-state index in [0.717, 1.165) is 12.7 Å². The largest absolute Gasteiger partial charge is 0.341 e. The van der Waals surface area contributed by atoms with E-state index < -0.39 is 24.9 Å². The number of aromatic amines is 1. The molecule has 21 heavy (non-hydrogen) atoms. The number of H-pyrrole nitrogens is 1. The molecule has 0 saturated carbocycles. The monoisotopic (exact) mass is 328 g/mol. The number of sulfone groups is 2. The first-order chi connectivity index (χ1) is 9.77. The third-order valence-corrected chi connectivity index (χ3v) is 7.08. The fourth-order valence-electron chi connectivity index (χ4n) is 2.65. The molecule has 114 valence electrons. The summed E-state index contributed by atoms with van der Waals surface area (Å²) in [4.78, 5) is 7.50. The van der Waals surface area contributed by atoms with Crippen LogP contribution >= 0.6 is 0 Å². The Labute approximate surface area is 123 Å². The van der Waals surface area contributed by atoms with Gasteiger partial charge in [-0.1, -0.05) is 6.42 Å². The molecule has 1 aromatic carbocycles. The lowest BCUT2D eigenvalue weighted by molar-refractivity contribution is 0.540. The van der Waals surface area contributed by atoms with Gasteiger partial charge in [-0.25, -0.2) is 21.8 Å². The first kappa shape index (κ1) is 14.5. The van der Waals surface area contributed by atoms with Crippen LogP contribution in [0.25, 0.3) is 11.0 Å². The summed E-state index contributed by atoms with van der Waals surface area (Å²) in [5.41, 5.74) is 1.13. The summed E-state index contributed by atoms with van der Waals surface area (Å²) in [5.74, 6) is 0.596. The molecule has 1 atom stereocenters. The number of fused-ring (bicyclic) bond motifs is 1. The van der Waals surface area contributed by atoms with Crippen LogP contribution in [-0.4, -0.2) is 38.8 Å². The predicted octanol–water partition coefficient (Wildman–Crippen LogP) is 1.61. The maximum atomic E-state index is 12.1. The molecule has 2 heterocycles. The van der Waals surface area contributed by atoms with Gasteiger partial charge in [0.15, 0.2) is 19.7 Å². The van der Waals surface area contributed by atoms with Gasteiger partial charge in [0.25, 0.3) is 0 Å². The number of nitrogens with one attached hydrogen (secondary N) is 1. The van der Waals surface area contributed by atoms with E-state index >= 15 is 0 Å². The second-order valence-electron chi connectivity index (χ2n) is 5.42. The van der Waals surface area contributed by atoms with Gasteiger partial charge >= 0.3 is 0 Å². The second kappa shape index (κ2) is 4.81. The van der Waals surface area contributed by atoms with E-state index in [9.17, 15) is 16.8 Å². The zero-order chi connectivity index (χ0) is 15.3. The molecule has 0 spiro atoms. The highest BCUT2D eigenvalue weighted by molar-refractivity contribution is 7.91. The number of hydrogen-bond donors (Lipinski definition) is 1. The summed E-state index contributed by atoms with van der Waals surface area (Å²) in [6.45, 7) is 0. The summed E-state index contributed by atoms with van der Waals surface area (Å²) in [5, 5.41) is -0.611. The van der Waals surface area contributed by atoms with Crippen molar-refractivity contribution in [2.45, 2.75) is 29.4 Å². The Morgan fingerprint density at radius 2 is 2.05 bits per heavy atom. The normalized spacial score (nSPS) is 22.4. The van der Waals surface area contributed by atoms with Crippen molar-refractivity contribution in [3.05, 3.63) is 24.0 Å². The van der Waals surface area contributed by atoms with E-state index in [2.05, 4.69) is 9.97 Å². The quantitative estimate of drug-likeness (QED) is 0.903. The summed E-state index contributed by atoms with van der Waals surface area (Å²) >= 11 is 0. The highest BCUT2D eigenvalue weighted by Crippen LogP contribution is 2.33. The Balaban J connectivity index is 2.09. The molecule has 0 aliphatic carbocycles. The Hall–Kier alpha value is -1.41. The minimum atomic E-state index is -3.30. The molecule has 1 aliphatic heterocycles. The molecule has 3 rings (SSSR count). The van der Waals surface area contributed by atoms with Crippen molar-refractivity contribution in [3.8, 4) is 0 Å². The fourth-order valence-corrected chi connectivity index (χ4v) is 5.17. The minimum absolute atomic E-state index is 0.184. The van der Waals surface area contributed by atoms with Crippen molar-refractivity contribution in [1.82, 2.24) is 9.97 Å². The Morgan fingerprint density at radius 1 is 1.29 bits per heavy atom. The summed E-state index contributed by atoms with van der Waals surface area (Å²) in [6, 6.07) is 4.58. The number of nitrogens with zero attached hydrogens (tertiary/aromatic N) is 1. The maximum absolute atomic E-state index is 12.1. The third-order valence-electron chi connectivity index (χ3n) is 3.78. The first-order valence-corrected chi connectivity index (χ1v) is 10.3. The van der Waals surface area contributed by atoms with Gasteiger partial charge in [0, 0.05) is 6.26 Å². The van der Waals surface area contributed by atoms with Gasteiger partial charge in [0.1, 0.15) is 11.1 Å². The molecule has 0 amide bonds. The molecule has 1 unspecified atom stereocenters. The fraction of sp³-hybridized carbons (Fsp3) is 0.462. The Kier molecular flexibility index (Phi) is 3.32. The molecule has 2 aromatic rings. The second-order valence-corrected chi connectivity index (χ2v) is 9.74. The molecule has 8 heteroatoms. The van der Waals surface area contributed by atoms with Crippen LogP contribution in [0.2, 0.25) is 0 Å². The van der Waals surface area contributed by atoms with Gasteiger partial charge in [0.2, 0.25) is 0 Å². The summed E-state index contributed by atoms with van der Waals surface area (Å²) in [7, 11) is -6.47. The molecule has 0 radical (unpaired) electrons. The molecule has 6 nitrogen and oxygen atoms in total. The summed E-state index contributed by atoms with van der Waals surface area (Å²) in [6.07, 6.45) is 3.24. The van der Waals surface area contributed by atoms with Gasteiger partial charge in [-0.05, 0) is 31.0 Å². The van der Waals surface area contributed by atoms with Crippen molar-refractivity contribution in [2.75, 3.05) is 12.0 Å². The number of rotatable bonds is 2. The molecule has 1 fully saturated rings. The summed E-state index contributed by atoms with van der Waals surface area (Å²) < 4.78 is 47.4. The van der Waals surface area contributed by atoms with Gasteiger partial charge in [-0.2, -0.15) is 0 Å². The van der Waals surface area contributed by atoms with Crippen LogP contribution in [0.15, 0.2) is 23.1 Å². The van der Waals surface area contributed by atoms with Gasteiger partial charge in [0.05, 0.1) is 21.7 Å². The van der Waals surface area contributed by atoms with Crippen LogP contribution < -0.4 is 0 Å². The van der Waals surface area contributed by atoms with E-state index in [-0.39, 0.29) is 10.6 Å². The molecule has 1 N–H and O–H groups in total. The van der Waals surface area contributed by atoms with Crippen molar-refractivity contribution >= 4 is 30.7 Å². The van der Waals surface area contributed by atoms with Crippen LogP contribution in [0, 0.1) is 0 Å². The van der Waals surface area contributed by atoms with Gasteiger partial charge in [-0.15, -0.1) is 0 Å². The van der Waals surface area contributed by atoms with Crippen molar-refractivity contribution < 1.29 is 16.8 Å². The first-order valence-electron chi connectivity index (χ1n) is 6.69. The number of hydrogen-bond acceptors (Lipinski definition) is 5. The standard InChI is InChI=1S/C13H16N2O4S2/c1-20(16,17)9-5-6-10-11(8-9)15-13(14-10)12-4-2-3-7-21(12,18)19/h5-6,8,12H,2-4,7H2,1H3,(H,14,15). The molecular weight excluding hydrogens is 312 g/mol. The van der Waals surface area contributed by atoms with Crippen LogP contribution in [0.5, 0.6) is 0 Å². The highest BCUT2D eigenvalue weighted by atomic mass is 32.2. The molecule has 1 aromatic heterocycles. The van der Waals surface area contributed by atoms with Crippen molar-refractivity contribution in [2.24, 2.45) is 0 Å². The van der Waals surface area contributed by atoms with E-state index in [1.54, 1.807) is 6.07 Å². The molecule has 1 aliphatic rings. The smallest absolute Gasteiger partial charge is 0.175 e. The third kappa shape index (κ3) is 2.69. The number of imidazole rings is 1. The average Bonchev–Trinajstić information content (AvgIpc) is 2.79. The van der Waals surface area contributed by atoms with Crippen molar-refractivity contribution in [1.29, 1.82) is 0 Å². The van der Waals surface area contributed by atoms with Crippen LogP contribution in [0.3, 0.4) is 0 Å². The average molecular weight is 328 g/mol. The SMILES string of the molecule is CS(=O)(=O)c1ccc2nc(C3CCCCS3(=O)=O)[nH]c2c1. The lowest BCUT2D eigenvalue weighted by Crippen LogP contribution is -2.22. The number of benzene rings is 1. The minimum Gasteiger partial charge on any atom is -0.341 e. The van der Waals surface area contributed by atoms with E-state index in [0.29, 0.717) is 29.7 Å². The zero-order valence-electron chi connectivity index (χ0n) is 11.5. The van der Waals surface area contributed by atoms with E-state index in [1.165, 1.54) is 12.1 Å². The Bertz CT molecular complexity index is 897.